The van der Waals surface area contributed by atoms with Crippen molar-refractivity contribution >= 4 is 45.6 Å². The van der Waals surface area contributed by atoms with Gasteiger partial charge in [-0.25, -0.2) is 9.67 Å². The highest BCUT2D eigenvalue weighted by molar-refractivity contribution is 7.13. The molecule has 0 bridgehead atoms. The number of rotatable bonds is 6. The number of hydrogen-bond acceptors (Lipinski definition) is 5. The number of halogens is 1. The van der Waals surface area contributed by atoms with Crippen LogP contribution in [0.4, 0.5) is 5.69 Å². The van der Waals surface area contributed by atoms with Gasteiger partial charge in [-0.15, -0.1) is 11.3 Å². The fourth-order valence-corrected chi connectivity index (χ4v) is 5.15. The molecule has 5 rings (SSSR count). The SMILES string of the molecule is Cc1nn(Cc2cccc(Cl)c2)c(C)c1NC(=O)Cn1nc(C)c2c(-c3cccs3)ccnc21. The van der Waals surface area contributed by atoms with E-state index in [1.807, 2.05) is 67.2 Å². The van der Waals surface area contributed by atoms with Crippen molar-refractivity contribution in [2.24, 2.45) is 0 Å². The van der Waals surface area contributed by atoms with Crippen LogP contribution in [-0.4, -0.2) is 30.5 Å². The summed E-state index contributed by atoms with van der Waals surface area (Å²) in [7, 11) is 0. The lowest BCUT2D eigenvalue weighted by Gasteiger charge is -2.08. The van der Waals surface area contributed by atoms with Gasteiger partial charge in [0.05, 0.1) is 34.7 Å². The summed E-state index contributed by atoms with van der Waals surface area (Å²) in [6.45, 7) is 6.41. The minimum Gasteiger partial charge on any atom is -0.321 e. The van der Waals surface area contributed by atoms with Crippen molar-refractivity contribution in [1.29, 1.82) is 0 Å². The van der Waals surface area contributed by atoms with E-state index in [2.05, 4.69) is 26.6 Å². The minimum absolute atomic E-state index is 0.0591. The van der Waals surface area contributed by atoms with Crippen molar-refractivity contribution in [2.45, 2.75) is 33.9 Å². The van der Waals surface area contributed by atoms with Gasteiger partial charge in [0.2, 0.25) is 5.91 Å². The maximum atomic E-state index is 13.0. The molecule has 5 aromatic rings. The molecule has 0 aliphatic rings. The number of aryl methyl sites for hydroxylation is 2. The molecule has 0 aliphatic carbocycles. The Labute approximate surface area is 206 Å². The number of anilines is 1. The monoisotopic (exact) mass is 490 g/mol. The molecule has 1 aromatic carbocycles. The molecule has 4 aromatic heterocycles. The van der Waals surface area contributed by atoms with Crippen molar-refractivity contribution in [2.75, 3.05) is 5.32 Å². The number of benzene rings is 1. The van der Waals surface area contributed by atoms with Gasteiger partial charge < -0.3 is 5.32 Å². The molecule has 4 heterocycles. The van der Waals surface area contributed by atoms with Crippen LogP contribution >= 0.6 is 22.9 Å². The number of nitrogens with zero attached hydrogens (tertiary/aromatic N) is 5. The molecule has 7 nitrogen and oxygen atoms in total. The zero-order valence-electron chi connectivity index (χ0n) is 19.0. The Morgan fingerprint density at radius 1 is 1.06 bits per heavy atom. The normalized spacial score (nSPS) is 11.3. The van der Waals surface area contributed by atoms with Gasteiger partial charge in [0.25, 0.3) is 0 Å². The largest absolute Gasteiger partial charge is 0.321 e. The number of aromatic nitrogens is 5. The van der Waals surface area contributed by atoms with E-state index in [4.69, 9.17) is 11.6 Å². The van der Waals surface area contributed by atoms with Gasteiger partial charge in [-0.1, -0.05) is 29.8 Å². The summed E-state index contributed by atoms with van der Waals surface area (Å²) in [5, 5.41) is 16.0. The molecule has 9 heteroatoms. The van der Waals surface area contributed by atoms with E-state index in [1.165, 1.54) is 0 Å². The van der Waals surface area contributed by atoms with Gasteiger partial charge in [-0.3, -0.25) is 9.48 Å². The van der Waals surface area contributed by atoms with Crippen molar-refractivity contribution in [3.8, 4) is 10.4 Å². The number of nitrogens with one attached hydrogen (secondary N) is 1. The zero-order chi connectivity index (χ0) is 23.8. The predicted octanol–water partition coefficient (Wildman–Crippen LogP) is 5.62. The molecule has 0 saturated carbocycles. The third kappa shape index (κ3) is 4.22. The summed E-state index contributed by atoms with van der Waals surface area (Å²) < 4.78 is 3.54. The van der Waals surface area contributed by atoms with Crippen molar-refractivity contribution < 1.29 is 4.79 Å². The van der Waals surface area contributed by atoms with E-state index >= 15 is 0 Å². The maximum absolute atomic E-state index is 13.0. The topological polar surface area (TPSA) is 77.6 Å². The number of hydrogen-bond donors (Lipinski definition) is 1. The van der Waals surface area contributed by atoms with Crippen molar-refractivity contribution in [1.82, 2.24) is 24.5 Å². The lowest BCUT2D eigenvalue weighted by Crippen LogP contribution is -2.20. The van der Waals surface area contributed by atoms with E-state index in [-0.39, 0.29) is 12.5 Å². The molecular formula is C25H23ClN6OS. The third-order valence-corrected chi connectivity index (χ3v) is 6.89. The molecule has 34 heavy (non-hydrogen) atoms. The molecule has 1 N–H and O–H groups in total. The van der Waals surface area contributed by atoms with Crippen LogP contribution in [-0.2, 0) is 17.9 Å². The highest BCUT2D eigenvalue weighted by Gasteiger charge is 2.19. The first-order valence-corrected chi connectivity index (χ1v) is 12.1. The van der Waals surface area contributed by atoms with Gasteiger partial charge >= 0.3 is 0 Å². The smallest absolute Gasteiger partial charge is 0.246 e. The second kappa shape index (κ2) is 9.04. The lowest BCUT2D eigenvalue weighted by atomic mass is 10.1. The molecule has 1 amide bonds. The Hall–Kier alpha value is -3.49. The summed E-state index contributed by atoms with van der Waals surface area (Å²) in [5.41, 5.74) is 6.02. The van der Waals surface area contributed by atoms with Gasteiger partial charge in [0.1, 0.15) is 6.54 Å². The number of thiophene rings is 1. The van der Waals surface area contributed by atoms with Gasteiger partial charge in [0, 0.05) is 21.7 Å². The van der Waals surface area contributed by atoms with Crippen LogP contribution in [0.25, 0.3) is 21.5 Å². The molecule has 0 unspecified atom stereocenters. The second-order valence-corrected chi connectivity index (χ2v) is 9.54. The molecular weight excluding hydrogens is 468 g/mol. The van der Waals surface area contributed by atoms with Crippen LogP contribution in [0.1, 0.15) is 22.6 Å². The van der Waals surface area contributed by atoms with E-state index in [0.29, 0.717) is 22.9 Å². The second-order valence-electron chi connectivity index (χ2n) is 8.16. The van der Waals surface area contributed by atoms with E-state index in [9.17, 15) is 4.79 Å². The van der Waals surface area contributed by atoms with E-state index < -0.39 is 0 Å². The maximum Gasteiger partial charge on any atom is 0.246 e. The van der Waals surface area contributed by atoms with E-state index in [1.54, 1.807) is 22.2 Å². The summed E-state index contributed by atoms with van der Waals surface area (Å²) in [6, 6.07) is 13.8. The van der Waals surface area contributed by atoms with Gasteiger partial charge in [-0.2, -0.15) is 10.2 Å². The number of carbonyl (C=O) groups is 1. The lowest BCUT2D eigenvalue weighted by molar-refractivity contribution is -0.116. The van der Waals surface area contributed by atoms with Crippen molar-refractivity contribution in [3.63, 3.8) is 0 Å². The molecule has 0 fully saturated rings. The predicted molar refractivity (Wildman–Crippen MR) is 136 cm³/mol. The molecule has 0 atom stereocenters. The highest BCUT2D eigenvalue weighted by atomic mass is 35.5. The van der Waals surface area contributed by atoms with Crippen LogP contribution in [0.5, 0.6) is 0 Å². The minimum atomic E-state index is -0.179. The number of amides is 1. The average molecular weight is 491 g/mol. The molecule has 0 aliphatic heterocycles. The fraction of sp³-hybridized carbons (Fsp3) is 0.200. The Morgan fingerprint density at radius 3 is 2.65 bits per heavy atom. The Balaban J connectivity index is 1.38. The zero-order valence-corrected chi connectivity index (χ0v) is 20.6. The van der Waals surface area contributed by atoms with Crippen LogP contribution < -0.4 is 5.32 Å². The number of fused-ring (bicyclic) bond motifs is 1. The standard InChI is InChI=1S/C25H23ClN6OS/c1-15-23-20(21-8-5-11-34-21)9-10-27-25(23)32(29-15)14-22(33)28-24-16(2)30-31(17(24)3)13-18-6-4-7-19(26)12-18/h4-12H,13-14H2,1-3H3,(H,28,33). The Kier molecular flexibility index (Phi) is 5.93. The summed E-state index contributed by atoms with van der Waals surface area (Å²) in [4.78, 5) is 18.7. The van der Waals surface area contributed by atoms with Crippen LogP contribution in [0.2, 0.25) is 5.02 Å². The van der Waals surface area contributed by atoms with E-state index in [0.717, 1.165) is 38.5 Å². The molecule has 0 spiro atoms. The first-order chi connectivity index (χ1) is 16.4. The third-order valence-electron chi connectivity index (χ3n) is 5.76. The average Bonchev–Trinajstić information content (AvgIpc) is 3.51. The fourth-order valence-electron chi connectivity index (χ4n) is 4.18. The summed E-state index contributed by atoms with van der Waals surface area (Å²) >= 11 is 7.79. The first kappa shape index (κ1) is 22.3. The van der Waals surface area contributed by atoms with Gasteiger partial charge in [0.15, 0.2) is 5.65 Å². The molecule has 172 valence electrons. The van der Waals surface area contributed by atoms with Crippen LogP contribution in [0.3, 0.4) is 0 Å². The highest BCUT2D eigenvalue weighted by Crippen LogP contribution is 2.32. The van der Waals surface area contributed by atoms with Crippen molar-refractivity contribution in [3.05, 3.63) is 81.7 Å². The summed E-state index contributed by atoms with van der Waals surface area (Å²) in [5.74, 6) is -0.179. The Bertz CT molecular complexity index is 1500. The van der Waals surface area contributed by atoms with Crippen LogP contribution in [0.15, 0.2) is 54.0 Å². The quantitative estimate of drug-likeness (QED) is 0.335. The Morgan fingerprint density at radius 2 is 1.88 bits per heavy atom. The number of pyridine rings is 1. The van der Waals surface area contributed by atoms with Gasteiger partial charge in [-0.05, 0) is 56.0 Å². The first-order valence-electron chi connectivity index (χ1n) is 10.8. The van der Waals surface area contributed by atoms with Crippen LogP contribution in [0, 0.1) is 20.8 Å². The summed E-state index contributed by atoms with van der Waals surface area (Å²) in [6.07, 6.45) is 1.76. The molecule has 0 saturated heterocycles. The number of carbonyl (C=O) groups excluding carboxylic acids is 1. The molecule has 0 radical (unpaired) electrons.